The highest BCUT2D eigenvalue weighted by atomic mass is 16.5. The highest BCUT2D eigenvalue weighted by Gasteiger charge is 2.13. The van der Waals surface area contributed by atoms with Gasteiger partial charge in [0.15, 0.2) is 0 Å². The topological polar surface area (TPSA) is 36.9 Å². The number of hydrogen-bond acceptors (Lipinski definition) is 4. The predicted molar refractivity (Wildman–Crippen MR) is 82.1 cm³/mol. The van der Waals surface area contributed by atoms with Crippen molar-refractivity contribution >= 4 is 0 Å². The molecule has 0 radical (unpaired) electrons. The minimum Gasteiger partial charge on any atom is -0.491 e. The molecule has 0 N–H and O–H groups in total. The van der Waals surface area contributed by atoms with Gasteiger partial charge in [-0.2, -0.15) is 0 Å². The van der Waals surface area contributed by atoms with E-state index in [0.29, 0.717) is 32.5 Å². The molecular formula is C17H26O4. The van der Waals surface area contributed by atoms with Gasteiger partial charge in [0.05, 0.1) is 19.3 Å². The van der Waals surface area contributed by atoms with Gasteiger partial charge in [0.2, 0.25) is 0 Å². The first kappa shape index (κ1) is 16.1. The average Bonchev–Trinajstić information content (AvgIpc) is 2.54. The first-order valence-electron chi connectivity index (χ1n) is 7.84. The van der Waals surface area contributed by atoms with Gasteiger partial charge in [0.1, 0.15) is 24.7 Å². The monoisotopic (exact) mass is 294 g/mol. The lowest BCUT2D eigenvalue weighted by molar-refractivity contribution is 0.0129. The Bertz CT molecular complexity index is 371. The summed E-state index contributed by atoms with van der Waals surface area (Å²) in [5, 5.41) is 0. The molecule has 0 heterocycles. The summed E-state index contributed by atoms with van der Waals surface area (Å²) in [7, 11) is 1.66. The lowest BCUT2D eigenvalue weighted by Crippen LogP contribution is -2.19. The summed E-state index contributed by atoms with van der Waals surface area (Å²) in [6.07, 6.45) is 6.81. The lowest BCUT2D eigenvalue weighted by Gasteiger charge is -2.21. The van der Waals surface area contributed by atoms with Crippen molar-refractivity contribution in [2.45, 2.75) is 38.2 Å². The molecule has 0 aliphatic heterocycles. The summed E-state index contributed by atoms with van der Waals surface area (Å²) < 4.78 is 21.9. The highest BCUT2D eigenvalue weighted by molar-refractivity contribution is 5.31. The standard InChI is InChI=1S/C17H26O4/c1-18-11-12-19-16-7-9-17(10-8-16)21-14-13-20-15-5-3-2-4-6-15/h7-10,15H,2-6,11-14H2,1H3. The second kappa shape index (κ2) is 9.64. The van der Waals surface area contributed by atoms with Crippen LogP contribution < -0.4 is 9.47 Å². The van der Waals surface area contributed by atoms with Crippen molar-refractivity contribution in [1.29, 1.82) is 0 Å². The molecule has 1 aliphatic rings. The molecule has 0 amide bonds. The van der Waals surface area contributed by atoms with Crippen LogP contribution in [0.15, 0.2) is 24.3 Å². The van der Waals surface area contributed by atoms with E-state index in [2.05, 4.69) is 0 Å². The molecule has 1 fully saturated rings. The van der Waals surface area contributed by atoms with E-state index in [9.17, 15) is 0 Å². The quantitative estimate of drug-likeness (QED) is 0.654. The van der Waals surface area contributed by atoms with Gasteiger partial charge in [0, 0.05) is 7.11 Å². The fraction of sp³-hybridized carbons (Fsp3) is 0.647. The van der Waals surface area contributed by atoms with Crippen LogP contribution in [0.4, 0.5) is 0 Å². The Labute approximate surface area is 127 Å². The smallest absolute Gasteiger partial charge is 0.119 e. The van der Waals surface area contributed by atoms with E-state index in [1.54, 1.807) is 7.11 Å². The van der Waals surface area contributed by atoms with E-state index in [-0.39, 0.29) is 0 Å². The van der Waals surface area contributed by atoms with E-state index >= 15 is 0 Å². The highest BCUT2D eigenvalue weighted by Crippen LogP contribution is 2.20. The second-order valence-corrected chi connectivity index (χ2v) is 5.29. The van der Waals surface area contributed by atoms with Gasteiger partial charge < -0.3 is 18.9 Å². The molecule has 2 rings (SSSR count). The van der Waals surface area contributed by atoms with Crippen molar-refractivity contribution < 1.29 is 18.9 Å². The molecular weight excluding hydrogens is 268 g/mol. The van der Waals surface area contributed by atoms with Crippen molar-refractivity contribution in [3.05, 3.63) is 24.3 Å². The third-order valence-corrected chi connectivity index (χ3v) is 3.64. The van der Waals surface area contributed by atoms with E-state index < -0.39 is 0 Å². The van der Waals surface area contributed by atoms with Crippen molar-refractivity contribution in [2.75, 3.05) is 33.5 Å². The van der Waals surface area contributed by atoms with Gasteiger partial charge in [0.25, 0.3) is 0 Å². The fourth-order valence-electron chi connectivity index (χ4n) is 2.48. The second-order valence-electron chi connectivity index (χ2n) is 5.29. The van der Waals surface area contributed by atoms with Crippen LogP contribution in [0, 0.1) is 0 Å². The Hall–Kier alpha value is -1.26. The van der Waals surface area contributed by atoms with Crippen molar-refractivity contribution in [3.63, 3.8) is 0 Å². The van der Waals surface area contributed by atoms with Gasteiger partial charge in [-0.3, -0.25) is 0 Å². The van der Waals surface area contributed by atoms with Gasteiger partial charge in [-0.25, -0.2) is 0 Å². The summed E-state index contributed by atoms with van der Waals surface area (Å²) in [4.78, 5) is 0. The molecule has 0 aromatic heterocycles. The third-order valence-electron chi connectivity index (χ3n) is 3.64. The molecule has 1 aliphatic carbocycles. The van der Waals surface area contributed by atoms with Crippen LogP contribution in [0.25, 0.3) is 0 Å². The Morgan fingerprint density at radius 3 is 1.95 bits per heavy atom. The van der Waals surface area contributed by atoms with Crippen LogP contribution in [0.5, 0.6) is 11.5 Å². The number of ether oxygens (including phenoxy) is 4. The molecule has 118 valence electrons. The largest absolute Gasteiger partial charge is 0.491 e. The maximum Gasteiger partial charge on any atom is 0.119 e. The zero-order chi connectivity index (χ0) is 14.8. The minimum atomic E-state index is 0.443. The molecule has 4 heteroatoms. The van der Waals surface area contributed by atoms with Crippen molar-refractivity contribution in [2.24, 2.45) is 0 Å². The molecule has 0 saturated heterocycles. The summed E-state index contributed by atoms with van der Waals surface area (Å²) in [6, 6.07) is 7.66. The van der Waals surface area contributed by atoms with E-state index in [0.717, 1.165) is 11.5 Å². The molecule has 4 nitrogen and oxygen atoms in total. The normalized spacial score (nSPS) is 15.9. The average molecular weight is 294 g/mol. The molecule has 1 saturated carbocycles. The Balaban J connectivity index is 1.59. The number of hydrogen-bond donors (Lipinski definition) is 0. The third kappa shape index (κ3) is 6.36. The number of benzene rings is 1. The van der Waals surface area contributed by atoms with E-state index in [1.807, 2.05) is 24.3 Å². The van der Waals surface area contributed by atoms with Crippen LogP contribution in [0.1, 0.15) is 32.1 Å². The minimum absolute atomic E-state index is 0.443. The van der Waals surface area contributed by atoms with Gasteiger partial charge in [-0.15, -0.1) is 0 Å². The van der Waals surface area contributed by atoms with Crippen LogP contribution >= 0.6 is 0 Å². The summed E-state index contributed by atoms with van der Waals surface area (Å²) in [6.45, 7) is 2.42. The molecule has 0 unspecified atom stereocenters. The molecule has 1 aromatic carbocycles. The van der Waals surface area contributed by atoms with Gasteiger partial charge in [-0.05, 0) is 37.1 Å². The van der Waals surface area contributed by atoms with Gasteiger partial charge >= 0.3 is 0 Å². The van der Waals surface area contributed by atoms with Gasteiger partial charge in [-0.1, -0.05) is 19.3 Å². The van der Waals surface area contributed by atoms with Crippen molar-refractivity contribution in [3.8, 4) is 11.5 Å². The maximum absolute atomic E-state index is 5.83. The Morgan fingerprint density at radius 2 is 1.38 bits per heavy atom. The number of rotatable bonds is 9. The fourth-order valence-corrected chi connectivity index (χ4v) is 2.48. The molecule has 0 atom stereocenters. The summed E-state index contributed by atoms with van der Waals surface area (Å²) in [5.41, 5.74) is 0. The zero-order valence-electron chi connectivity index (χ0n) is 12.9. The first-order valence-corrected chi connectivity index (χ1v) is 7.84. The molecule has 0 spiro atoms. The molecule has 0 bridgehead atoms. The van der Waals surface area contributed by atoms with Crippen molar-refractivity contribution in [1.82, 2.24) is 0 Å². The van der Waals surface area contributed by atoms with Crippen LogP contribution in [0.2, 0.25) is 0 Å². The predicted octanol–water partition coefficient (Wildman–Crippen LogP) is 3.44. The molecule has 1 aromatic rings. The Morgan fingerprint density at radius 1 is 0.810 bits per heavy atom. The van der Waals surface area contributed by atoms with E-state index in [4.69, 9.17) is 18.9 Å². The zero-order valence-corrected chi connectivity index (χ0v) is 12.9. The summed E-state index contributed by atoms with van der Waals surface area (Å²) >= 11 is 0. The van der Waals surface area contributed by atoms with Crippen LogP contribution in [0.3, 0.4) is 0 Å². The maximum atomic E-state index is 5.83. The Kier molecular flexibility index (Phi) is 7.39. The van der Waals surface area contributed by atoms with E-state index in [1.165, 1.54) is 32.1 Å². The van der Waals surface area contributed by atoms with Crippen LogP contribution in [-0.4, -0.2) is 39.6 Å². The van der Waals surface area contributed by atoms with Crippen LogP contribution in [-0.2, 0) is 9.47 Å². The SMILES string of the molecule is COCCOc1ccc(OCCOC2CCCCC2)cc1. The first-order chi connectivity index (χ1) is 10.4. The lowest BCUT2D eigenvalue weighted by atomic mass is 9.98. The number of methoxy groups -OCH3 is 1. The molecule has 21 heavy (non-hydrogen) atoms. The summed E-state index contributed by atoms with van der Waals surface area (Å²) in [5.74, 6) is 1.68.